The van der Waals surface area contributed by atoms with E-state index in [0.717, 1.165) is 12.8 Å². The van der Waals surface area contributed by atoms with Crippen molar-refractivity contribution in [1.82, 2.24) is 20.0 Å². The molecule has 26 heavy (non-hydrogen) atoms. The highest BCUT2D eigenvalue weighted by atomic mass is 16.2. The zero-order valence-electron chi connectivity index (χ0n) is 14.9. The molecule has 2 aromatic rings. The Labute approximate surface area is 151 Å². The zero-order valence-corrected chi connectivity index (χ0v) is 14.9. The molecule has 1 aromatic heterocycles. The molecule has 1 aliphatic carbocycles. The molecule has 0 radical (unpaired) electrons. The summed E-state index contributed by atoms with van der Waals surface area (Å²) in [4.78, 5) is 38.8. The van der Waals surface area contributed by atoms with E-state index in [1.807, 2.05) is 6.07 Å². The first-order valence-corrected chi connectivity index (χ1v) is 8.95. The average Bonchev–Trinajstić information content (AvgIpc) is 3.06. The van der Waals surface area contributed by atoms with Gasteiger partial charge < -0.3 is 10.2 Å². The van der Waals surface area contributed by atoms with Gasteiger partial charge in [0.25, 0.3) is 11.5 Å². The number of nitrogens with zero attached hydrogens (tertiary/aromatic N) is 3. The van der Waals surface area contributed by atoms with Crippen LogP contribution in [0.4, 0.5) is 0 Å². The second-order valence-electron chi connectivity index (χ2n) is 7.39. The summed E-state index contributed by atoms with van der Waals surface area (Å²) in [7, 11) is 3.36. The van der Waals surface area contributed by atoms with Gasteiger partial charge in [-0.15, -0.1) is 0 Å². The van der Waals surface area contributed by atoms with Crippen molar-refractivity contribution >= 4 is 22.6 Å². The maximum absolute atomic E-state index is 13.1. The fourth-order valence-electron chi connectivity index (χ4n) is 4.34. The molecule has 2 fully saturated rings. The third-order valence-corrected chi connectivity index (χ3v) is 5.85. The predicted octanol–water partition coefficient (Wildman–Crippen LogP) is 0.920. The van der Waals surface area contributed by atoms with E-state index < -0.39 is 0 Å². The Kier molecular flexibility index (Phi) is 4.01. The zero-order chi connectivity index (χ0) is 18.4. The molecule has 1 aromatic carbocycles. The number of aryl methyl sites for hydroxylation is 1. The van der Waals surface area contributed by atoms with E-state index in [2.05, 4.69) is 10.4 Å². The molecule has 0 spiro atoms. The number of carbonyl (C=O) groups is 2. The Morgan fingerprint density at radius 1 is 1.19 bits per heavy atom. The SMILES string of the molecule is CN(C(=O)c1nn(C)c(=O)c2ccccc12)[C@H]1C[C@H]2CNC(=O)C[C@H]2C1. The number of rotatable bonds is 2. The van der Waals surface area contributed by atoms with Gasteiger partial charge in [0.2, 0.25) is 5.91 Å². The highest BCUT2D eigenvalue weighted by Gasteiger charge is 2.41. The van der Waals surface area contributed by atoms with Crippen LogP contribution in [0.2, 0.25) is 0 Å². The molecule has 2 aliphatic rings. The van der Waals surface area contributed by atoms with Gasteiger partial charge in [-0.2, -0.15) is 5.10 Å². The minimum absolute atomic E-state index is 0.0861. The van der Waals surface area contributed by atoms with Crippen molar-refractivity contribution in [2.45, 2.75) is 25.3 Å². The lowest BCUT2D eigenvalue weighted by Gasteiger charge is -2.25. The third-order valence-electron chi connectivity index (χ3n) is 5.85. The van der Waals surface area contributed by atoms with Crippen molar-refractivity contribution < 1.29 is 9.59 Å². The van der Waals surface area contributed by atoms with E-state index in [4.69, 9.17) is 0 Å². The summed E-state index contributed by atoms with van der Waals surface area (Å²) in [5.74, 6) is 0.693. The molecule has 0 bridgehead atoms. The van der Waals surface area contributed by atoms with Gasteiger partial charge in [0.1, 0.15) is 0 Å². The van der Waals surface area contributed by atoms with Crippen LogP contribution in [0.3, 0.4) is 0 Å². The molecule has 1 saturated carbocycles. The Balaban J connectivity index is 1.64. The Morgan fingerprint density at radius 3 is 2.65 bits per heavy atom. The van der Waals surface area contributed by atoms with Gasteiger partial charge in [0, 0.05) is 38.5 Å². The third kappa shape index (κ3) is 2.67. The number of hydrogen-bond acceptors (Lipinski definition) is 4. The molecule has 1 aliphatic heterocycles. The minimum atomic E-state index is -0.212. The van der Waals surface area contributed by atoms with Crippen molar-refractivity contribution in [2.75, 3.05) is 13.6 Å². The molecule has 7 nitrogen and oxygen atoms in total. The lowest BCUT2D eigenvalue weighted by atomic mass is 9.89. The topological polar surface area (TPSA) is 84.3 Å². The highest BCUT2D eigenvalue weighted by molar-refractivity contribution is 6.04. The number of hydrogen-bond donors (Lipinski definition) is 1. The monoisotopic (exact) mass is 354 g/mol. The smallest absolute Gasteiger partial charge is 0.274 e. The molecule has 1 saturated heterocycles. The number of nitrogens with one attached hydrogen (secondary N) is 1. The molecule has 2 heterocycles. The molecular weight excluding hydrogens is 332 g/mol. The summed E-state index contributed by atoms with van der Waals surface area (Å²) in [5, 5.41) is 8.24. The number of piperidine rings is 1. The second-order valence-corrected chi connectivity index (χ2v) is 7.39. The summed E-state index contributed by atoms with van der Waals surface area (Å²) in [6.07, 6.45) is 2.27. The molecule has 136 valence electrons. The van der Waals surface area contributed by atoms with Gasteiger partial charge >= 0.3 is 0 Å². The van der Waals surface area contributed by atoms with Gasteiger partial charge in [0.05, 0.1) is 5.39 Å². The van der Waals surface area contributed by atoms with Crippen LogP contribution in [0.25, 0.3) is 10.8 Å². The molecule has 7 heteroatoms. The second kappa shape index (κ2) is 6.23. The largest absolute Gasteiger partial charge is 0.356 e. The lowest BCUT2D eigenvalue weighted by molar-refractivity contribution is -0.124. The average molecular weight is 354 g/mol. The van der Waals surface area contributed by atoms with Crippen LogP contribution in [0, 0.1) is 11.8 Å². The van der Waals surface area contributed by atoms with E-state index in [-0.39, 0.29) is 23.4 Å². The van der Waals surface area contributed by atoms with Crippen LogP contribution < -0.4 is 10.9 Å². The first-order chi connectivity index (χ1) is 12.5. The Bertz CT molecular complexity index is 951. The summed E-state index contributed by atoms with van der Waals surface area (Å²) in [6.45, 7) is 0.697. The molecule has 3 atom stereocenters. The highest BCUT2D eigenvalue weighted by Crippen LogP contribution is 2.38. The first-order valence-electron chi connectivity index (χ1n) is 8.95. The molecular formula is C19H22N4O3. The minimum Gasteiger partial charge on any atom is -0.356 e. The van der Waals surface area contributed by atoms with Crippen LogP contribution in [-0.2, 0) is 11.8 Å². The Hall–Kier alpha value is -2.70. The van der Waals surface area contributed by atoms with E-state index in [9.17, 15) is 14.4 Å². The number of fused-ring (bicyclic) bond motifs is 2. The van der Waals surface area contributed by atoms with Crippen molar-refractivity contribution in [3.63, 3.8) is 0 Å². The van der Waals surface area contributed by atoms with Crippen LogP contribution >= 0.6 is 0 Å². The van der Waals surface area contributed by atoms with Crippen LogP contribution in [0.1, 0.15) is 29.8 Å². The number of amides is 2. The molecule has 2 amide bonds. The molecule has 0 unspecified atom stereocenters. The lowest BCUT2D eigenvalue weighted by Crippen LogP contribution is -2.38. The number of benzene rings is 1. The van der Waals surface area contributed by atoms with Crippen molar-refractivity contribution in [3.05, 3.63) is 40.3 Å². The van der Waals surface area contributed by atoms with E-state index in [1.165, 1.54) is 4.68 Å². The van der Waals surface area contributed by atoms with Crippen LogP contribution in [-0.4, -0.2) is 46.1 Å². The predicted molar refractivity (Wildman–Crippen MR) is 96.7 cm³/mol. The fourth-order valence-corrected chi connectivity index (χ4v) is 4.34. The first kappa shape index (κ1) is 16.8. The normalized spacial score (nSPS) is 25.0. The van der Waals surface area contributed by atoms with Gasteiger partial charge in [0.15, 0.2) is 5.69 Å². The van der Waals surface area contributed by atoms with Gasteiger partial charge in [-0.1, -0.05) is 18.2 Å². The van der Waals surface area contributed by atoms with E-state index in [1.54, 1.807) is 37.2 Å². The summed E-state index contributed by atoms with van der Waals surface area (Å²) in [6, 6.07) is 7.16. The maximum atomic E-state index is 13.1. The van der Waals surface area contributed by atoms with Crippen LogP contribution in [0.15, 0.2) is 29.1 Å². The number of aromatic nitrogens is 2. The summed E-state index contributed by atoms with van der Waals surface area (Å²) in [5.41, 5.74) is 0.0885. The van der Waals surface area contributed by atoms with Crippen LogP contribution in [0.5, 0.6) is 0 Å². The van der Waals surface area contributed by atoms with Gasteiger partial charge in [-0.3, -0.25) is 14.4 Å². The molecule has 1 N–H and O–H groups in total. The Morgan fingerprint density at radius 2 is 1.88 bits per heavy atom. The van der Waals surface area contributed by atoms with Crippen molar-refractivity contribution in [3.8, 4) is 0 Å². The summed E-state index contributed by atoms with van der Waals surface area (Å²) >= 11 is 0. The number of carbonyl (C=O) groups excluding carboxylic acids is 2. The maximum Gasteiger partial charge on any atom is 0.274 e. The van der Waals surface area contributed by atoms with Gasteiger partial charge in [-0.25, -0.2) is 4.68 Å². The fraction of sp³-hybridized carbons (Fsp3) is 0.474. The summed E-state index contributed by atoms with van der Waals surface area (Å²) < 4.78 is 1.22. The van der Waals surface area contributed by atoms with Gasteiger partial charge in [-0.05, 0) is 30.7 Å². The van der Waals surface area contributed by atoms with Crippen molar-refractivity contribution in [2.24, 2.45) is 18.9 Å². The van der Waals surface area contributed by atoms with E-state index in [0.29, 0.717) is 41.3 Å². The quantitative estimate of drug-likeness (QED) is 0.869. The molecule has 4 rings (SSSR count). The van der Waals surface area contributed by atoms with Crippen molar-refractivity contribution in [1.29, 1.82) is 0 Å². The van der Waals surface area contributed by atoms with E-state index >= 15 is 0 Å². The standard InChI is InChI=1S/C19H22N4O3/c1-22(13-7-11-9-16(24)20-10-12(11)8-13)19(26)17-14-5-3-4-6-15(14)18(25)23(2)21-17/h3-6,11-13H,7-10H2,1-2H3,(H,20,24)/t11-,12+,13-/m1/s1.